The van der Waals surface area contributed by atoms with Gasteiger partial charge in [0.2, 0.25) is 0 Å². The lowest BCUT2D eigenvalue weighted by Crippen LogP contribution is -2.38. The van der Waals surface area contributed by atoms with Gasteiger partial charge in [-0.2, -0.15) is 0 Å². The Labute approximate surface area is 111 Å². The minimum absolute atomic E-state index is 0.558. The third-order valence-electron chi connectivity index (χ3n) is 3.85. The van der Waals surface area contributed by atoms with Crippen LogP contribution in [0.15, 0.2) is 12.1 Å². The normalized spacial score (nSPS) is 25.1. The van der Waals surface area contributed by atoms with Gasteiger partial charge in [-0.05, 0) is 52.2 Å². The molecule has 2 unspecified atom stereocenters. The van der Waals surface area contributed by atoms with Crippen LogP contribution in [0.1, 0.15) is 37.0 Å². The largest absolute Gasteiger partial charge is 0.369 e. The van der Waals surface area contributed by atoms with Gasteiger partial charge >= 0.3 is 0 Å². The topological polar surface area (TPSA) is 15.3 Å². The van der Waals surface area contributed by atoms with E-state index in [9.17, 15) is 0 Å². The van der Waals surface area contributed by atoms with E-state index in [0.717, 1.165) is 13.1 Å². The third-order valence-corrected chi connectivity index (χ3v) is 3.85. The van der Waals surface area contributed by atoms with Crippen molar-refractivity contribution in [2.75, 3.05) is 18.0 Å². The van der Waals surface area contributed by atoms with Crippen molar-refractivity contribution in [1.29, 1.82) is 0 Å². The highest BCUT2D eigenvalue weighted by Crippen LogP contribution is 2.27. The molecule has 0 spiro atoms. The molecule has 0 aromatic heterocycles. The van der Waals surface area contributed by atoms with Gasteiger partial charge in [0.15, 0.2) is 0 Å². The number of anilines is 1. The van der Waals surface area contributed by atoms with Crippen LogP contribution in [-0.2, 0) is 0 Å². The molecule has 1 N–H and O–H groups in total. The van der Waals surface area contributed by atoms with Crippen LogP contribution >= 0.6 is 0 Å². The molecule has 0 bridgehead atoms. The van der Waals surface area contributed by atoms with Crippen LogP contribution in [0.2, 0.25) is 0 Å². The summed E-state index contributed by atoms with van der Waals surface area (Å²) in [4.78, 5) is 2.56. The van der Waals surface area contributed by atoms with Gasteiger partial charge in [-0.15, -0.1) is 0 Å². The fraction of sp³-hybridized carbons (Fsp3) is 0.625. The Morgan fingerprint density at radius 3 is 2.28 bits per heavy atom. The third kappa shape index (κ3) is 2.86. The summed E-state index contributed by atoms with van der Waals surface area (Å²) in [5.74, 6) is 0. The molecule has 0 aliphatic carbocycles. The molecule has 100 valence electrons. The molecule has 1 saturated heterocycles. The van der Waals surface area contributed by atoms with E-state index < -0.39 is 0 Å². The Hall–Kier alpha value is -1.02. The highest BCUT2D eigenvalue weighted by molar-refractivity contribution is 5.60. The Balaban J connectivity index is 2.30. The SMILES string of the molecule is Cc1cc(C)c(N2CCC(C)NC(C)C2)c(C)c1. The zero-order chi connectivity index (χ0) is 13.3. The van der Waals surface area contributed by atoms with E-state index in [0.29, 0.717) is 12.1 Å². The maximum Gasteiger partial charge on any atom is 0.0426 e. The first kappa shape index (κ1) is 13.4. The van der Waals surface area contributed by atoms with Crippen molar-refractivity contribution in [2.45, 2.75) is 53.1 Å². The maximum atomic E-state index is 3.65. The molecule has 2 atom stereocenters. The van der Waals surface area contributed by atoms with E-state index in [2.05, 4.69) is 57.0 Å². The van der Waals surface area contributed by atoms with Crippen LogP contribution in [0.3, 0.4) is 0 Å². The van der Waals surface area contributed by atoms with Crippen molar-refractivity contribution >= 4 is 5.69 Å². The highest BCUT2D eigenvalue weighted by Gasteiger charge is 2.20. The number of benzene rings is 1. The summed E-state index contributed by atoms with van der Waals surface area (Å²) in [6.45, 7) is 13.5. The lowest BCUT2D eigenvalue weighted by Gasteiger charge is -2.28. The van der Waals surface area contributed by atoms with Gasteiger partial charge in [0.1, 0.15) is 0 Å². The maximum absolute atomic E-state index is 3.65. The van der Waals surface area contributed by atoms with Crippen LogP contribution in [0.25, 0.3) is 0 Å². The molecule has 2 heteroatoms. The molecule has 2 nitrogen and oxygen atoms in total. The molecule has 1 fully saturated rings. The molecule has 1 aromatic rings. The van der Waals surface area contributed by atoms with Gasteiger partial charge in [0.25, 0.3) is 0 Å². The van der Waals surface area contributed by atoms with Crippen molar-refractivity contribution in [1.82, 2.24) is 5.32 Å². The summed E-state index contributed by atoms with van der Waals surface area (Å²) in [5.41, 5.74) is 5.63. The smallest absolute Gasteiger partial charge is 0.0426 e. The predicted molar refractivity (Wildman–Crippen MR) is 79.5 cm³/mol. The molecule has 1 aliphatic heterocycles. The van der Waals surface area contributed by atoms with Crippen LogP contribution in [-0.4, -0.2) is 25.2 Å². The summed E-state index contributed by atoms with van der Waals surface area (Å²) in [6.07, 6.45) is 1.22. The second kappa shape index (κ2) is 5.31. The molecule has 1 heterocycles. The van der Waals surface area contributed by atoms with E-state index in [1.165, 1.54) is 28.8 Å². The van der Waals surface area contributed by atoms with Gasteiger partial charge < -0.3 is 10.2 Å². The van der Waals surface area contributed by atoms with E-state index in [1.807, 2.05) is 0 Å². The van der Waals surface area contributed by atoms with Gasteiger partial charge in [0, 0.05) is 30.9 Å². The number of nitrogens with one attached hydrogen (secondary N) is 1. The molecule has 2 rings (SSSR count). The Bertz CT molecular complexity index is 402. The number of hydrogen-bond donors (Lipinski definition) is 1. The summed E-state index contributed by atoms with van der Waals surface area (Å²) >= 11 is 0. The number of hydrogen-bond acceptors (Lipinski definition) is 2. The van der Waals surface area contributed by atoms with Gasteiger partial charge in [-0.3, -0.25) is 0 Å². The number of rotatable bonds is 1. The summed E-state index contributed by atoms with van der Waals surface area (Å²) in [6, 6.07) is 5.78. The zero-order valence-electron chi connectivity index (χ0n) is 12.4. The molecule has 1 aliphatic rings. The first-order valence-electron chi connectivity index (χ1n) is 7.06. The van der Waals surface area contributed by atoms with Crippen LogP contribution in [0.5, 0.6) is 0 Å². The average molecular weight is 246 g/mol. The lowest BCUT2D eigenvalue weighted by molar-refractivity contribution is 0.492. The molecule has 0 radical (unpaired) electrons. The van der Waals surface area contributed by atoms with Gasteiger partial charge in [-0.1, -0.05) is 17.7 Å². The monoisotopic (exact) mass is 246 g/mol. The molecule has 0 amide bonds. The first-order chi connectivity index (χ1) is 8.47. The molecule has 1 aromatic carbocycles. The molecule has 18 heavy (non-hydrogen) atoms. The second-order valence-corrected chi connectivity index (χ2v) is 5.95. The second-order valence-electron chi connectivity index (χ2n) is 5.95. The number of aryl methyl sites for hydroxylation is 3. The van der Waals surface area contributed by atoms with E-state index in [-0.39, 0.29) is 0 Å². The van der Waals surface area contributed by atoms with E-state index in [4.69, 9.17) is 0 Å². The quantitative estimate of drug-likeness (QED) is 0.818. The van der Waals surface area contributed by atoms with Gasteiger partial charge in [-0.25, -0.2) is 0 Å². The summed E-state index contributed by atoms with van der Waals surface area (Å²) in [5, 5.41) is 3.65. The van der Waals surface area contributed by atoms with Crippen molar-refractivity contribution in [3.63, 3.8) is 0 Å². The average Bonchev–Trinajstić information content (AvgIpc) is 2.38. The number of nitrogens with zero attached hydrogens (tertiary/aromatic N) is 1. The zero-order valence-corrected chi connectivity index (χ0v) is 12.4. The minimum atomic E-state index is 0.558. The fourth-order valence-electron chi connectivity index (χ4n) is 3.27. The fourth-order valence-corrected chi connectivity index (χ4v) is 3.27. The van der Waals surface area contributed by atoms with Gasteiger partial charge in [0.05, 0.1) is 0 Å². The molecule has 0 saturated carbocycles. The first-order valence-corrected chi connectivity index (χ1v) is 7.06. The van der Waals surface area contributed by atoms with Crippen molar-refractivity contribution in [3.8, 4) is 0 Å². The Morgan fingerprint density at radius 1 is 1.06 bits per heavy atom. The molecular formula is C16H26N2. The molecular weight excluding hydrogens is 220 g/mol. The minimum Gasteiger partial charge on any atom is -0.369 e. The standard InChI is InChI=1S/C16H26N2/c1-11-8-12(2)16(13(3)9-11)18-7-6-14(4)17-15(5)10-18/h8-9,14-15,17H,6-7,10H2,1-5H3. The van der Waals surface area contributed by atoms with Crippen molar-refractivity contribution < 1.29 is 0 Å². The van der Waals surface area contributed by atoms with Crippen LogP contribution < -0.4 is 10.2 Å². The summed E-state index contributed by atoms with van der Waals surface area (Å²) < 4.78 is 0. The highest BCUT2D eigenvalue weighted by atomic mass is 15.2. The Morgan fingerprint density at radius 2 is 1.67 bits per heavy atom. The van der Waals surface area contributed by atoms with Crippen molar-refractivity contribution in [2.24, 2.45) is 0 Å². The lowest BCUT2D eigenvalue weighted by atomic mass is 10.0. The van der Waals surface area contributed by atoms with E-state index >= 15 is 0 Å². The van der Waals surface area contributed by atoms with E-state index in [1.54, 1.807) is 0 Å². The summed E-state index contributed by atoms with van der Waals surface area (Å²) in [7, 11) is 0. The van der Waals surface area contributed by atoms with Crippen LogP contribution in [0.4, 0.5) is 5.69 Å². The Kier molecular flexibility index (Phi) is 3.96. The van der Waals surface area contributed by atoms with Crippen LogP contribution in [0, 0.1) is 20.8 Å². The predicted octanol–water partition coefficient (Wildman–Crippen LogP) is 3.19. The van der Waals surface area contributed by atoms with Crippen molar-refractivity contribution in [3.05, 3.63) is 28.8 Å².